The van der Waals surface area contributed by atoms with Crippen molar-refractivity contribution in [2.45, 2.75) is 0 Å². The van der Waals surface area contributed by atoms with Gasteiger partial charge in [-0.1, -0.05) is 0 Å². The zero-order valence-electron chi connectivity index (χ0n) is 14.5. The Kier molecular flexibility index (Phi) is 3.64. The van der Waals surface area contributed by atoms with Gasteiger partial charge in [-0.2, -0.15) is 5.10 Å². The van der Waals surface area contributed by atoms with Crippen molar-refractivity contribution in [3.8, 4) is 22.8 Å². The van der Waals surface area contributed by atoms with Gasteiger partial charge in [0, 0.05) is 11.3 Å². The summed E-state index contributed by atoms with van der Waals surface area (Å²) in [5.74, 6) is 0.983. The highest BCUT2D eigenvalue weighted by atomic mass is 16.6. The number of nitrogens with zero attached hydrogens (tertiary/aromatic N) is 1. The molecule has 0 fully saturated rings. The molecule has 0 saturated heterocycles. The highest BCUT2D eigenvalue weighted by Crippen LogP contribution is 2.35. The molecule has 28 heavy (non-hydrogen) atoms. The molecule has 0 radical (unpaired) electrons. The number of fused-ring (bicyclic) bond motifs is 2. The molecule has 2 aromatic carbocycles. The van der Waals surface area contributed by atoms with E-state index in [2.05, 4.69) is 25.5 Å². The van der Waals surface area contributed by atoms with Gasteiger partial charge in [-0.25, -0.2) is 4.79 Å². The van der Waals surface area contributed by atoms with Crippen LogP contribution in [0.25, 0.3) is 22.3 Å². The molecule has 3 heterocycles. The lowest BCUT2D eigenvalue weighted by molar-refractivity contribution is 0.102. The lowest BCUT2D eigenvalue weighted by Crippen LogP contribution is -2.15. The molecule has 0 unspecified atom stereocenters. The predicted octanol–water partition coefficient (Wildman–Crippen LogP) is 2.27. The van der Waals surface area contributed by atoms with Gasteiger partial charge < -0.3 is 24.8 Å². The molecule has 9 heteroatoms. The van der Waals surface area contributed by atoms with Gasteiger partial charge in [0.2, 0.25) is 0 Å². The second kappa shape index (κ2) is 6.31. The smallest absolute Gasteiger partial charge is 0.323 e. The third kappa shape index (κ3) is 2.78. The molecule has 0 saturated carbocycles. The van der Waals surface area contributed by atoms with Gasteiger partial charge in [-0.15, -0.1) is 0 Å². The second-order valence-electron chi connectivity index (χ2n) is 6.31. The Bertz CT molecular complexity index is 1250. The number of amides is 1. The summed E-state index contributed by atoms with van der Waals surface area (Å²) in [6, 6.07) is 10.6. The standard InChI is InChI=1S/C19H15N5O4/c25-18(21-11-2-3-13-14(8-11)23-19(26)22-13)12-9-20-24-17(12)10-1-4-15-16(7-10)28-6-5-27-15/h1-4,7-9H,5-6H2,(H,20,24)(H,21,25)(H2,22,23,26). The lowest BCUT2D eigenvalue weighted by atomic mass is 10.1. The Balaban J connectivity index is 1.44. The number of imidazole rings is 1. The van der Waals surface area contributed by atoms with Crippen molar-refractivity contribution in [1.82, 2.24) is 20.2 Å². The van der Waals surface area contributed by atoms with E-state index in [1.807, 2.05) is 18.2 Å². The molecule has 0 bridgehead atoms. The van der Waals surface area contributed by atoms with Crippen molar-refractivity contribution in [3.05, 3.63) is 58.6 Å². The zero-order chi connectivity index (χ0) is 19.1. The maximum Gasteiger partial charge on any atom is 0.323 e. The molecule has 9 nitrogen and oxygen atoms in total. The monoisotopic (exact) mass is 377 g/mol. The van der Waals surface area contributed by atoms with E-state index in [1.54, 1.807) is 18.2 Å². The number of hydrogen-bond acceptors (Lipinski definition) is 5. The molecule has 140 valence electrons. The van der Waals surface area contributed by atoms with Gasteiger partial charge in [0.05, 0.1) is 28.5 Å². The van der Waals surface area contributed by atoms with Crippen molar-refractivity contribution >= 4 is 22.6 Å². The average molecular weight is 377 g/mol. The second-order valence-corrected chi connectivity index (χ2v) is 6.31. The number of benzene rings is 2. The van der Waals surface area contributed by atoms with Gasteiger partial charge in [0.25, 0.3) is 5.91 Å². The van der Waals surface area contributed by atoms with E-state index in [4.69, 9.17) is 9.47 Å². The maximum absolute atomic E-state index is 12.8. The Hall–Kier alpha value is -4.01. The summed E-state index contributed by atoms with van der Waals surface area (Å²) in [7, 11) is 0. The van der Waals surface area contributed by atoms with Crippen molar-refractivity contribution in [2.24, 2.45) is 0 Å². The highest BCUT2D eigenvalue weighted by Gasteiger charge is 2.19. The van der Waals surface area contributed by atoms with Crippen molar-refractivity contribution in [3.63, 3.8) is 0 Å². The fourth-order valence-corrected chi connectivity index (χ4v) is 3.19. The van der Waals surface area contributed by atoms with Crippen molar-refractivity contribution < 1.29 is 14.3 Å². The minimum absolute atomic E-state index is 0.297. The number of carbonyl (C=O) groups excluding carboxylic acids is 1. The van der Waals surface area contributed by atoms with Gasteiger partial charge >= 0.3 is 5.69 Å². The number of anilines is 1. The van der Waals surface area contributed by atoms with Crippen molar-refractivity contribution in [2.75, 3.05) is 18.5 Å². The fraction of sp³-hybridized carbons (Fsp3) is 0.105. The van der Waals surface area contributed by atoms with Crippen LogP contribution in [0, 0.1) is 0 Å². The molecule has 0 aliphatic carbocycles. The van der Waals surface area contributed by atoms with Gasteiger partial charge in [0.1, 0.15) is 13.2 Å². The van der Waals surface area contributed by atoms with Crippen LogP contribution in [-0.2, 0) is 0 Å². The lowest BCUT2D eigenvalue weighted by Gasteiger charge is -2.18. The topological polar surface area (TPSA) is 125 Å². The van der Waals surface area contributed by atoms with Crippen LogP contribution in [-0.4, -0.2) is 39.3 Å². The number of rotatable bonds is 3. The molecule has 1 amide bonds. The van der Waals surface area contributed by atoms with E-state index in [0.29, 0.717) is 52.7 Å². The summed E-state index contributed by atoms with van der Waals surface area (Å²) in [6.07, 6.45) is 1.47. The first kappa shape index (κ1) is 16.2. The molecule has 4 N–H and O–H groups in total. The van der Waals surface area contributed by atoms with Crippen LogP contribution in [0.3, 0.4) is 0 Å². The van der Waals surface area contributed by atoms with Crippen LogP contribution in [0.1, 0.15) is 10.4 Å². The normalized spacial score (nSPS) is 12.9. The molecule has 4 aromatic rings. The predicted molar refractivity (Wildman–Crippen MR) is 102 cm³/mol. The molecule has 0 spiro atoms. The number of aromatic nitrogens is 4. The summed E-state index contributed by atoms with van der Waals surface area (Å²) >= 11 is 0. The minimum atomic E-state index is -0.323. The third-order valence-corrected chi connectivity index (χ3v) is 4.49. The van der Waals surface area contributed by atoms with Crippen LogP contribution in [0.2, 0.25) is 0 Å². The first-order valence-corrected chi connectivity index (χ1v) is 8.64. The van der Waals surface area contributed by atoms with E-state index in [1.165, 1.54) is 6.20 Å². The Morgan fingerprint density at radius 3 is 2.71 bits per heavy atom. The Morgan fingerprint density at radius 2 is 1.82 bits per heavy atom. The van der Waals surface area contributed by atoms with Crippen LogP contribution in [0.5, 0.6) is 11.5 Å². The number of hydrogen-bond donors (Lipinski definition) is 4. The number of carbonyl (C=O) groups is 1. The first-order valence-electron chi connectivity index (χ1n) is 8.64. The summed E-state index contributed by atoms with van der Waals surface area (Å²) in [6.45, 7) is 0.997. The third-order valence-electron chi connectivity index (χ3n) is 4.49. The first-order chi connectivity index (χ1) is 13.7. The van der Waals surface area contributed by atoms with Gasteiger partial charge in [-0.3, -0.25) is 9.89 Å². The van der Waals surface area contributed by atoms with E-state index in [0.717, 1.165) is 5.56 Å². The van der Waals surface area contributed by atoms with Gasteiger partial charge in [0.15, 0.2) is 11.5 Å². The van der Waals surface area contributed by atoms with Crippen LogP contribution in [0.4, 0.5) is 5.69 Å². The number of H-pyrrole nitrogens is 3. The fourth-order valence-electron chi connectivity index (χ4n) is 3.19. The van der Waals surface area contributed by atoms with Crippen molar-refractivity contribution in [1.29, 1.82) is 0 Å². The molecular weight excluding hydrogens is 362 g/mol. The average Bonchev–Trinajstić information content (AvgIpc) is 3.33. The highest BCUT2D eigenvalue weighted by molar-refractivity contribution is 6.08. The van der Waals surface area contributed by atoms with E-state index < -0.39 is 0 Å². The number of ether oxygens (including phenoxy) is 2. The van der Waals surface area contributed by atoms with Crippen LogP contribution >= 0.6 is 0 Å². The summed E-state index contributed by atoms with van der Waals surface area (Å²) in [4.78, 5) is 29.5. The van der Waals surface area contributed by atoms with Crippen LogP contribution < -0.4 is 20.5 Å². The van der Waals surface area contributed by atoms with E-state index >= 15 is 0 Å². The number of nitrogens with one attached hydrogen (secondary N) is 4. The molecular formula is C19H15N5O4. The molecule has 5 rings (SSSR count). The van der Waals surface area contributed by atoms with Gasteiger partial charge in [-0.05, 0) is 36.4 Å². The summed E-state index contributed by atoms with van der Waals surface area (Å²) in [5, 5.41) is 9.71. The quantitative estimate of drug-likeness (QED) is 0.436. The molecule has 2 aromatic heterocycles. The Labute approximate surface area is 157 Å². The van der Waals surface area contributed by atoms with E-state index in [-0.39, 0.29) is 11.6 Å². The zero-order valence-corrected chi connectivity index (χ0v) is 14.5. The number of aromatic amines is 3. The molecule has 1 aliphatic rings. The summed E-state index contributed by atoms with van der Waals surface area (Å²) < 4.78 is 11.1. The minimum Gasteiger partial charge on any atom is -0.486 e. The Morgan fingerprint density at radius 1 is 1.00 bits per heavy atom. The van der Waals surface area contributed by atoms with E-state index in [9.17, 15) is 9.59 Å². The largest absolute Gasteiger partial charge is 0.486 e. The SMILES string of the molecule is O=C(Nc1ccc2[nH]c(=O)[nH]c2c1)c1cn[nH]c1-c1ccc2c(c1)OCCO2. The maximum atomic E-state index is 12.8. The van der Waals surface area contributed by atoms with Crippen LogP contribution in [0.15, 0.2) is 47.4 Å². The molecule has 1 aliphatic heterocycles. The molecule has 0 atom stereocenters. The summed E-state index contributed by atoms with van der Waals surface area (Å²) in [5.41, 5.74) is 3.27.